The Kier molecular flexibility index (Phi) is 8.76. The van der Waals surface area contributed by atoms with Crippen LogP contribution in [0.5, 0.6) is 0 Å². The molecule has 5 heterocycles. The largest absolute Gasteiger partial charge is 0.434 e. The summed E-state index contributed by atoms with van der Waals surface area (Å²) in [6.07, 6.45) is -1.14. The van der Waals surface area contributed by atoms with Gasteiger partial charge in [0.25, 0.3) is 5.91 Å². The number of nitrogens with zero attached hydrogens (tertiary/aromatic N) is 6. The number of hydrogen-bond acceptors (Lipinski definition) is 11. The van der Waals surface area contributed by atoms with Crippen molar-refractivity contribution in [3.05, 3.63) is 65.9 Å². The molecule has 0 unspecified atom stereocenters. The average Bonchev–Trinajstić information content (AvgIpc) is 2.98. The molecule has 2 atom stereocenters. The maximum Gasteiger partial charge on any atom is 0.434 e. The Morgan fingerprint density at radius 2 is 1.77 bits per heavy atom. The lowest BCUT2D eigenvalue weighted by Crippen LogP contribution is -2.46. The van der Waals surface area contributed by atoms with Gasteiger partial charge in [-0.2, -0.15) is 13.2 Å². The summed E-state index contributed by atoms with van der Waals surface area (Å²) in [4.78, 5) is 35.0. The Hall–Kier alpha value is -4.28. The molecule has 0 radical (unpaired) electrons. The lowest BCUT2D eigenvalue weighted by atomic mass is 10.2. The summed E-state index contributed by atoms with van der Waals surface area (Å²) >= 11 is 0. The van der Waals surface area contributed by atoms with Crippen molar-refractivity contribution < 1.29 is 36.2 Å². The maximum atomic E-state index is 13.4. The van der Waals surface area contributed by atoms with E-state index in [1.807, 2.05) is 26.0 Å². The number of hydrogen-bond donors (Lipinski definition) is 2. The van der Waals surface area contributed by atoms with Gasteiger partial charge in [0, 0.05) is 37.1 Å². The number of amides is 1. The molecule has 1 fully saturated rings. The lowest BCUT2D eigenvalue weighted by Gasteiger charge is -2.35. The van der Waals surface area contributed by atoms with Crippen molar-refractivity contribution in [2.45, 2.75) is 43.7 Å². The van der Waals surface area contributed by atoms with Crippen LogP contribution in [-0.2, 0) is 27.3 Å². The Balaban J connectivity index is 1.35. The Morgan fingerprint density at radius 1 is 1.05 bits per heavy atom. The third kappa shape index (κ3) is 6.92. The van der Waals surface area contributed by atoms with Gasteiger partial charge in [0.05, 0.1) is 64.2 Å². The maximum absolute atomic E-state index is 13.4. The molecular formula is C28H28F3N7O5S. The van der Waals surface area contributed by atoms with E-state index in [9.17, 15) is 26.4 Å². The van der Waals surface area contributed by atoms with E-state index in [4.69, 9.17) is 19.8 Å². The molecule has 232 valence electrons. The van der Waals surface area contributed by atoms with E-state index in [-0.39, 0.29) is 18.8 Å². The van der Waals surface area contributed by atoms with E-state index in [0.717, 1.165) is 5.39 Å². The molecule has 1 amide bonds. The Labute approximate surface area is 250 Å². The first kappa shape index (κ1) is 31.2. The molecule has 4 aromatic rings. The molecule has 0 saturated carbocycles. The van der Waals surface area contributed by atoms with Crippen LogP contribution in [-0.4, -0.2) is 82.0 Å². The zero-order valence-corrected chi connectivity index (χ0v) is 24.4. The van der Waals surface area contributed by atoms with Gasteiger partial charge >= 0.3 is 6.18 Å². The summed E-state index contributed by atoms with van der Waals surface area (Å²) in [6.45, 7) is 4.26. The highest BCUT2D eigenvalue weighted by molar-refractivity contribution is 7.91. The number of alkyl halides is 3. The van der Waals surface area contributed by atoms with Crippen LogP contribution in [0.3, 0.4) is 0 Å². The summed E-state index contributed by atoms with van der Waals surface area (Å²) in [5.41, 5.74) is 0.0818. The molecule has 1 aliphatic rings. The van der Waals surface area contributed by atoms with Gasteiger partial charge in [-0.05, 0) is 44.2 Å². The SMILES string of the molecule is C[C@@H]1CN(c2nccc(-c3ccc4cnc(CNC(=O)c5cnc(C(F)(F)F)c(S(=O)(=O)CCO)c5)cc4n3)n2)C[C@H](C)O1. The second-order valence-electron chi connectivity index (χ2n) is 10.3. The summed E-state index contributed by atoms with van der Waals surface area (Å²) < 4.78 is 70.7. The minimum absolute atomic E-state index is 0.0353. The fourth-order valence-electron chi connectivity index (χ4n) is 4.80. The van der Waals surface area contributed by atoms with Gasteiger partial charge in [-0.1, -0.05) is 0 Å². The number of aliphatic hydroxyl groups excluding tert-OH is 1. The summed E-state index contributed by atoms with van der Waals surface area (Å²) in [7, 11) is -4.56. The molecule has 4 aromatic heterocycles. The number of fused-ring (bicyclic) bond motifs is 1. The lowest BCUT2D eigenvalue weighted by molar-refractivity contribution is -0.143. The number of pyridine rings is 3. The van der Waals surface area contributed by atoms with Crippen molar-refractivity contribution in [3.63, 3.8) is 0 Å². The van der Waals surface area contributed by atoms with Crippen LogP contribution in [0.25, 0.3) is 22.3 Å². The number of nitrogens with one attached hydrogen (secondary N) is 1. The van der Waals surface area contributed by atoms with Crippen molar-refractivity contribution in [2.24, 2.45) is 0 Å². The van der Waals surface area contributed by atoms with Crippen molar-refractivity contribution in [1.29, 1.82) is 0 Å². The van der Waals surface area contributed by atoms with Gasteiger partial charge in [0.1, 0.15) is 0 Å². The first-order chi connectivity index (χ1) is 20.8. The second-order valence-corrected chi connectivity index (χ2v) is 12.3. The minimum Gasteiger partial charge on any atom is -0.395 e. The number of carbonyl (C=O) groups excluding carboxylic acids is 1. The van der Waals surface area contributed by atoms with E-state index in [1.165, 1.54) is 0 Å². The van der Waals surface area contributed by atoms with Crippen LogP contribution in [0, 0.1) is 0 Å². The number of morpholine rings is 1. The number of anilines is 1. The third-order valence-electron chi connectivity index (χ3n) is 6.75. The molecular weight excluding hydrogens is 603 g/mol. The number of aromatic nitrogens is 5. The zero-order valence-electron chi connectivity index (χ0n) is 23.6. The number of ether oxygens (including phenoxy) is 1. The van der Waals surface area contributed by atoms with Gasteiger partial charge in [0.15, 0.2) is 15.5 Å². The van der Waals surface area contributed by atoms with Gasteiger partial charge in [-0.3, -0.25) is 9.78 Å². The second kappa shape index (κ2) is 12.4. The van der Waals surface area contributed by atoms with Crippen LogP contribution < -0.4 is 10.2 Å². The first-order valence-electron chi connectivity index (χ1n) is 13.5. The quantitative estimate of drug-likeness (QED) is 0.294. The number of halogens is 3. The molecule has 0 aromatic carbocycles. The van der Waals surface area contributed by atoms with Crippen molar-refractivity contribution in [3.8, 4) is 11.4 Å². The van der Waals surface area contributed by atoms with Gasteiger partial charge in [-0.25, -0.2) is 28.4 Å². The predicted molar refractivity (Wildman–Crippen MR) is 152 cm³/mol. The molecule has 0 bridgehead atoms. The fraction of sp³-hybridized carbons (Fsp3) is 0.357. The Morgan fingerprint density at radius 3 is 2.48 bits per heavy atom. The van der Waals surface area contributed by atoms with Crippen LogP contribution in [0.1, 0.15) is 35.6 Å². The van der Waals surface area contributed by atoms with Gasteiger partial charge in [0.2, 0.25) is 5.95 Å². The third-order valence-corrected chi connectivity index (χ3v) is 8.45. The van der Waals surface area contributed by atoms with Crippen molar-refractivity contribution in [1.82, 2.24) is 30.2 Å². The zero-order chi connectivity index (χ0) is 31.6. The number of aliphatic hydroxyl groups is 1. The number of carbonyl (C=O) groups is 1. The predicted octanol–water partition coefficient (Wildman–Crippen LogP) is 2.81. The van der Waals surface area contributed by atoms with Crippen LogP contribution >= 0.6 is 0 Å². The smallest absolute Gasteiger partial charge is 0.395 e. The molecule has 16 heteroatoms. The molecule has 2 N–H and O–H groups in total. The van der Waals surface area contributed by atoms with Crippen molar-refractivity contribution >= 4 is 32.6 Å². The molecule has 1 saturated heterocycles. The first-order valence-corrected chi connectivity index (χ1v) is 15.2. The standard InChI is InChI=1S/C28H28F3N7O5S/c1-16-14-38(15-17(2)43-16)27-32-6-5-22(37-27)21-4-3-18-11-33-20(10-23(18)36-21)13-35-26(40)19-9-24(44(41,42)8-7-39)25(34-12-19)28(29,30)31/h3-6,9-12,16-17,39H,7-8,13-15H2,1-2H3,(H,35,40)/t16-,17+. The van der Waals surface area contributed by atoms with E-state index < -0.39 is 50.4 Å². The highest BCUT2D eigenvalue weighted by Crippen LogP contribution is 2.33. The average molecular weight is 632 g/mol. The summed E-state index contributed by atoms with van der Waals surface area (Å²) in [5, 5.41) is 12.2. The molecule has 0 aliphatic carbocycles. The molecule has 0 spiro atoms. The summed E-state index contributed by atoms with van der Waals surface area (Å²) in [6, 6.07) is 7.64. The monoisotopic (exact) mass is 631 g/mol. The molecule has 1 aliphatic heterocycles. The topological polar surface area (TPSA) is 160 Å². The van der Waals surface area contributed by atoms with Gasteiger partial charge < -0.3 is 20.1 Å². The highest BCUT2D eigenvalue weighted by Gasteiger charge is 2.39. The summed E-state index contributed by atoms with van der Waals surface area (Å²) in [5.74, 6) is -1.26. The fourth-order valence-corrected chi connectivity index (χ4v) is 6.03. The van der Waals surface area contributed by atoms with Gasteiger partial charge in [-0.15, -0.1) is 0 Å². The Bertz CT molecular complexity index is 1800. The van der Waals surface area contributed by atoms with Crippen molar-refractivity contribution in [2.75, 3.05) is 30.3 Å². The van der Waals surface area contributed by atoms with E-state index >= 15 is 0 Å². The van der Waals surface area contributed by atoms with E-state index in [0.29, 0.717) is 53.9 Å². The number of sulfone groups is 1. The van der Waals surface area contributed by atoms with Crippen LogP contribution in [0.15, 0.2) is 53.8 Å². The van der Waals surface area contributed by atoms with E-state index in [2.05, 4.69) is 25.2 Å². The molecule has 12 nitrogen and oxygen atoms in total. The number of rotatable bonds is 8. The highest BCUT2D eigenvalue weighted by atomic mass is 32.2. The van der Waals surface area contributed by atoms with E-state index in [1.54, 1.807) is 24.5 Å². The molecule has 5 rings (SSSR count). The normalized spacial score (nSPS) is 17.5. The minimum atomic E-state index is -5.08. The van der Waals surface area contributed by atoms with Crippen LogP contribution in [0.2, 0.25) is 0 Å². The molecule has 44 heavy (non-hydrogen) atoms. The van der Waals surface area contributed by atoms with Crippen LogP contribution in [0.4, 0.5) is 19.1 Å².